The van der Waals surface area contributed by atoms with E-state index in [4.69, 9.17) is 4.74 Å². The second-order valence-corrected chi connectivity index (χ2v) is 5.25. The summed E-state index contributed by atoms with van der Waals surface area (Å²) in [5.41, 5.74) is 0.849. The fourth-order valence-corrected chi connectivity index (χ4v) is 3.06. The van der Waals surface area contributed by atoms with Crippen LogP contribution in [0.3, 0.4) is 0 Å². The zero-order chi connectivity index (χ0) is 14.1. The van der Waals surface area contributed by atoms with E-state index in [0.29, 0.717) is 17.4 Å². The van der Waals surface area contributed by atoms with Crippen molar-refractivity contribution in [1.82, 2.24) is 9.97 Å². The Bertz CT molecular complexity index is 798. The van der Waals surface area contributed by atoms with E-state index in [1.165, 1.54) is 11.3 Å². The Morgan fingerprint density at radius 3 is 2.95 bits per heavy atom. The number of hydrogen-bond acceptors (Lipinski definition) is 6. The summed E-state index contributed by atoms with van der Waals surface area (Å²) < 4.78 is 6.02. The van der Waals surface area contributed by atoms with Gasteiger partial charge in [0.05, 0.1) is 16.8 Å². The van der Waals surface area contributed by atoms with Crippen LogP contribution in [0.15, 0.2) is 24.4 Å². The number of ether oxygens (including phenoxy) is 1. The first-order chi connectivity index (χ1) is 9.72. The minimum Gasteiger partial charge on any atom is -0.462 e. The largest absolute Gasteiger partial charge is 0.462 e. The molecule has 3 rings (SSSR count). The Hall–Kier alpha value is -2.21. The first kappa shape index (κ1) is 12.8. The molecule has 0 saturated carbocycles. The molecule has 0 spiro atoms. The van der Waals surface area contributed by atoms with Crippen LogP contribution < -0.4 is 5.32 Å². The van der Waals surface area contributed by atoms with E-state index in [1.54, 1.807) is 20.2 Å². The Labute approximate surface area is 119 Å². The molecule has 0 atom stereocenters. The Balaban J connectivity index is 2.22. The monoisotopic (exact) mass is 287 g/mol. The topological polar surface area (TPSA) is 64.1 Å². The number of fused-ring (bicyclic) bond motifs is 3. The highest BCUT2D eigenvalue weighted by Gasteiger charge is 2.13. The minimum atomic E-state index is -0.287. The molecule has 0 fully saturated rings. The molecule has 2 heterocycles. The van der Waals surface area contributed by atoms with Crippen LogP contribution in [0.2, 0.25) is 0 Å². The lowest BCUT2D eigenvalue weighted by Crippen LogP contribution is -2.01. The molecule has 0 amide bonds. The normalized spacial score (nSPS) is 10.9. The van der Waals surface area contributed by atoms with Crippen LogP contribution >= 0.6 is 11.3 Å². The third-order valence-electron chi connectivity index (χ3n) is 2.94. The molecule has 0 aliphatic rings. The Morgan fingerprint density at radius 2 is 2.20 bits per heavy atom. The lowest BCUT2D eigenvalue weighted by atomic mass is 10.2. The standard InChI is InChI=1S/C14H13N3O2S/c1-3-19-13(18)10-6-8-4-5-9-7-16-14(15-2)17-11(9)12(8)20-10/h4-7H,3H2,1-2H3,(H,15,16,17). The molecule has 0 unspecified atom stereocenters. The molecule has 2 aromatic heterocycles. The van der Waals surface area contributed by atoms with Gasteiger partial charge in [0.1, 0.15) is 4.88 Å². The maximum atomic E-state index is 11.8. The number of benzene rings is 1. The number of aromatic nitrogens is 2. The van der Waals surface area contributed by atoms with Gasteiger partial charge in [-0.3, -0.25) is 0 Å². The second-order valence-electron chi connectivity index (χ2n) is 4.20. The summed E-state index contributed by atoms with van der Waals surface area (Å²) in [6, 6.07) is 5.77. The molecule has 102 valence electrons. The van der Waals surface area contributed by atoms with Crippen LogP contribution in [0.1, 0.15) is 16.6 Å². The van der Waals surface area contributed by atoms with Gasteiger partial charge < -0.3 is 10.1 Å². The molecule has 6 heteroatoms. The fraction of sp³-hybridized carbons (Fsp3) is 0.214. The van der Waals surface area contributed by atoms with Gasteiger partial charge in [-0.25, -0.2) is 14.8 Å². The average molecular weight is 287 g/mol. The van der Waals surface area contributed by atoms with Crippen LogP contribution in [-0.4, -0.2) is 29.6 Å². The zero-order valence-electron chi connectivity index (χ0n) is 11.1. The van der Waals surface area contributed by atoms with Gasteiger partial charge in [-0.05, 0) is 18.4 Å². The number of carbonyl (C=O) groups is 1. The van der Waals surface area contributed by atoms with Crippen molar-refractivity contribution < 1.29 is 9.53 Å². The van der Waals surface area contributed by atoms with Crippen molar-refractivity contribution in [1.29, 1.82) is 0 Å². The summed E-state index contributed by atoms with van der Waals surface area (Å²) in [4.78, 5) is 21.1. The molecular formula is C14H13N3O2S. The number of nitrogens with zero attached hydrogens (tertiary/aromatic N) is 2. The van der Waals surface area contributed by atoms with Gasteiger partial charge in [0.15, 0.2) is 0 Å². The molecule has 1 N–H and O–H groups in total. The van der Waals surface area contributed by atoms with Crippen LogP contribution in [0.4, 0.5) is 5.95 Å². The Kier molecular flexibility index (Phi) is 3.23. The number of anilines is 1. The van der Waals surface area contributed by atoms with E-state index in [-0.39, 0.29) is 5.97 Å². The summed E-state index contributed by atoms with van der Waals surface area (Å²) in [5, 5.41) is 4.87. The lowest BCUT2D eigenvalue weighted by Gasteiger charge is -2.01. The third-order valence-corrected chi connectivity index (χ3v) is 4.07. The number of thiophene rings is 1. The minimum absolute atomic E-state index is 0.287. The zero-order valence-corrected chi connectivity index (χ0v) is 12.0. The predicted molar refractivity (Wildman–Crippen MR) is 80.4 cm³/mol. The number of rotatable bonds is 3. The highest BCUT2D eigenvalue weighted by molar-refractivity contribution is 7.21. The summed E-state index contributed by atoms with van der Waals surface area (Å²) in [6.07, 6.45) is 1.78. The van der Waals surface area contributed by atoms with Crippen molar-refractivity contribution in [3.05, 3.63) is 29.3 Å². The SMILES string of the molecule is CCOC(=O)c1cc2ccc3cnc(NC)nc3c2s1. The molecule has 20 heavy (non-hydrogen) atoms. The van der Waals surface area contributed by atoms with Crippen LogP contribution in [0, 0.1) is 0 Å². The molecule has 3 aromatic rings. The molecule has 1 aromatic carbocycles. The fourth-order valence-electron chi connectivity index (χ4n) is 2.01. The summed E-state index contributed by atoms with van der Waals surface area (Å²) in [6.45, 7) is 2.17. The summed E-state index contributed by atoms with van der Waals surface area (Å²) >= 11 is 1.40. The number of esters is 1. The highest BCUT2D eigenvalue weighted by Crippen LogP contribution is 2.32. The maximum Gasteiger partial charge on any atom is 0.348 e. The third kappa shape index (κ3) is 2.08. The van der Waals surface area contributed by atoms with Crippen molar-refractivity contribution in [2.45, 2.75) is 6.92 Å². The highest BCUT2D eigenvalue weighted by atomic mass is 32.1. The van der Waals surface area contributed by atoms with Crippen LogP contribution in [0.5, 0.6) is 0 Å². The van der Waals surface area contributed by atoms with E-state index < -0.39 is 0 Å². The first-order valence-corrected chi connectivity index (χ1v) is 7.08. The number of nitrogens with one attached hydrogen (secondary N) is 1. The van der Waals surface area contributed by atoms with Crippen molar-refractivity contribution >= 4 is 44.2 Å². The van der Waals surface area contributed by atoms with E-state index in [9.17, 15) is 4.79 Å². The number of carbonyl (C=O) groups excluding carboxylic acids is 1. The molecule has 5 nitrogen and oxygen atoms in total. The van der Waals surface area contributed by atoms with Gasteiger partial charge in [-0.15, -0.1) is 11.3 Å². The van der Waals surface area contributed by atoms with E-state index >= 15 is 0 Å². The molecule has 0 aliphatic heterocycles. The smallest absolute Gasteiger partial charge is 0.348 e. The van der Waals surface area contributed by atoms with Crippen molar-refractivity contribution in [2.24, 2.45) is 0 Å². The molecular weight excluding hydrogens is 274 g/mol. The van der Waals surface area contributed by atoms with Gasteiger partial charge in [0, 0.05) is 18.6 Å². The van der Waals surface area contributed by atoms with E-state index in [2.05, 4.69) is 15.3 Å². The van der Waals surface area contributed by atoms with Gasteiger partial charge in [-0.2, -0.15) is 0 Å². The van der Waals surface area contributed by atoms with Crippen molar-refractivity contribution in [3.63, 3.8) is 0 Å². The maximum absolute atomic E-state index is 11.8. The van der Waals surface area contributed by atoms with Crippen LogP contribution in [0.25, 0.3) is 21.0 Å². The van der Waals surface area contributed by atoms with Crippen molar-refractivity contribution in [2.75, 3.05) is 19.0 Å². The molecule has 0 saturated heterocycles. The lowest BCUT2D eigenvalue weighted by molar-refractivity contribution is 0.0532. The average Bonchev–Trinajstić information content (AvgIpc) is 2.91. The van der Waals surface area contributed by atoms with Gasteiger partial charge in [0.2, 0.25) is 5.95 Å². The summed E-state index contributed by atoms with van der Waals surface area (Å²) in [7, 11) is 1.78. The first-order valence-electron chi connectivity index (χ1n) is 6.27. The van der Waals surface area contributed by atoms with Crippen LogP contribution in [-0.2, 0) is 4.74 Å². The van der Waals surface area contributed by atoms with Gasteiger partial charge in [-0.1, -0.05) is 12.1 Å². The molecule has 0 radical (unpaired) electrons. The van der Waals surface area contributed by atoms with Crippen molar-refractivity contribution in [3.8, 4) is 0 Å². The predicted octanol–water partition coefficient (Wildman–Crippen LogP) is 3.06. The molecule has 0 aliphatic carbocycles. The summed E-state index contributed by atoms with van der Waals surface area (Å²) in [5.74, 6) is 0.279. The van der Waals surface area contributed by atoms with E-state index in [0.717, 1.165) is 21.0 Å². The van der Waals surface area contributed by atoms with Gasteiger partial charge in [0.25, 0.3) is 0 Å². The van der Waals surface area contributed by atoms with E-state index in [1.807, 2.05) is 18.2 Å². The quantitative estimate of drug-likeness (QED) is 0.750. The number of hydrogen-bond donors (Lipinski definition) is 1. The second kappa shape index (κ2) is 5.05. The van der Waals surface area contributed by atoms with Gasteiger partial charge >= 0.3 is 5.97 Å². The molecule has 0 bridgehead atoms. The Morgan fingerprint density at radius 1 is 1.40 bits per heavy atom.